The van der Waals surface area contributed by atoms with Crippen LogP contribution in [0.25, 0.3) is 0 Å². The van der Waals surface area contributed by atoms with E-state index < -0.39 is 5.91 Å². The van der Waals surface area contributed by atoms with Gasteiger partial charge in [0.2, 0.25) is 5.91 Å². The van der Waals surface area contributed by atoms with Crippen molar-refractivity contribution in [3.8, 4) is 0 Å². The molecule has 3 nitrogen and oxygen atoms in total. The SMILES string of the molecule is CC(NCc1cc(C(N)=O)ccc1F)c1ccc(Br)cc1. The van der Waals surface area contributed by atoms with Gasteiger partial charge in [-0.25, -0.2) is 4.39 Å². The van der Waals surface area contributed by atoms with Crippen molar-refractivity contribution in [2.75, 3.05) is 0 Å². The van der Waals surface area contributed by atoms with Crippen LogP contribution in [0.5, 0.6) is 0 Å². The number of nitrogens with two attached hydrogens (primary N) is 1. The number of amides is 1. The highest BCUT2D eigenvalue weighted by molar-refractivity contribution is 9.10. The van der Waals surface area contributed by atoms with Crippen molar-refractivity contribution in [2.24, 2.45) is 5.73 Å². The minimum absolute atomic E-state index is 0.0646. The smallest absolute Gasteiger partial charge is 0.248 e. The number of nitrogens with one attached hydrogen (secondary N) is 1. The summed E-state index contributed by atoms with van der Waals surface area (Å²) in [5.41, 5.74) is 7.05. The second-order valence-electron chi connectivity index (χ2n) is 4.82. The third-order valence-electron chi connectivity index (χ3n) is 3.30. The molecule has 1 atom stereocenters. The highest BCUT2D eigenvalue weighted by Gasteiger charge is 2.09. The molecule has 2 aromatic rings. The third-order valence-corrected chi connectivity index (χ3v) is 3.83. The maximum Gasteiger partial charge on any atom is 0.248 e. The van der Waals surface area contributed by atoms with Crippen LogP contribution in [0.3, 0.4) is 0 Å². The van der Waals surface area contributed by atoms with Gasteiger partial charge in [-0.15, -0.1) is 0 Å². The number of halogens is 2. The van der Waals surface area contributed by atoms with E-state index in [9.17, 15) is 9.18 Å². The Labute approximate surface area is 131 Å². The number of carbonyl (C=O) groups excluding carboxylic acids is 1. The standard InChI is InChI=1S/C16H16BrFN2O/c1-10(11-2-5-14(17)6-3-11)20-9-13-8-12(16(19)21)4-7-15(13)18/h2-8,10,20H,9H2,1H3,(H2,19,21). The van der Waals surface area contributed by atoms with Gasteiger partial charge in [0.15, 0.2) is 0 Å². The van der Waals surface area contributed by atoms with Crippen LogP contribution in [-0.2, 0) is 6.54 Å². The first-order valence-corrected chi connectivity index (χ1v) is 7.33. The molecule has 0 fully saturated rings. The average Bonchev–Trinajstić information content (AvgIpc) is 2.46. The predicted octanol–water partition coefficient (Wildman–Crippen LogP) is 3.54. The maximum atomic E-state index is 13.7. The number of hydrogen-bond donors (Lipinski definition) is 2. The van der Waals surface area contributed by atoms with E-state index in [1.165, 1.54) is 18.2 Å². The van der Waals surface area contributed by atoms with Crippen molar-refractivity contribution >= 4 is 21.8 Å². The van der Waals surface area contributed by atoms with Gasteiger partial charge in [0, 0.05) is 28.2 Å². The largest absolute Gasteiger partial charge is 0.366 e. The van der Waals surface area contributed by atoms with Gasteiger partial charge in [0.25, 0.3) is 0 Å². The Balaban J connectivity index is 2.07. The van der Waals surface area contributed by atoms with Crippen molar-refractivity contribution in [1.82, 2.24) is 5.32 Å². The van der Waals surface area contributed by atoms with Crippen LogP contribution in [0, 0.1) is 5.82 Å². The minimum atomic E-state index is -0.558. The summed E-state index contributed by atoms with van der Waals surface area (Å²) in [6, 6.07) is 12.1. The van der Waals surface area contributed by atoms with Gasteiger partial charge in [-0.1, -0.05) is 28.1 Å². The van der Waals surface area contributed by atoms with E-state index in [1.54, 1.807) is 0 Å². The quantitative estimate of drug-likeness (QED) is 0.866. The molecule has 5 heteroatoms. The summed E-state index contributed by atoms with van der Waals surface area (Å²) < 4.78 is 14.8. The second-order valence-corrected chi connectivity index (χ2v) is 5.74. The zero-order valence-corrected chi connectivity index (χ0v) is 13.2. The summed E-state index contributed by atoms with van der Waals surface area (Å²) in [5, 5.41) is 3.23. The molecular weight excluding hydrogens is 335 g/mol. The number of benzene rings is 2. The Morgan fingerprint density at radius 2 is 1.95 bits per heavy atom. The molecule has 0 aliphatic carbocycles. The van der Waals surface area contributed by atoms with Crippen molar-refractivity contribution in [2.45, 2.75) is 19.5 Å². The summed E-state index contributed by atoms with van der Waals surface area (Å²) in [5.74, 6) is -0.910. The molecule has 2 aromatic carbocycles. The average molecular weight is 351 g/mol. The van der Waals surface area contributed by atoms with Crippen molar-refractivity contribution in [3.63, 3.8) is 0 Å². The van der Waals surface area contributed by atoms with E-state index in [2.05, 4.69) is 21.2 Å². The molecule has 0 saturated carbocycles. The van der Waals surface area contributed by atoms with Crippen molar-refractivity contribution < 1.29 is 9.18 Å². The van der Waals surface area contributed by atoms with Gasteiger partial charge in [0.05, 0.1) is 0 Å². The van der Waals surface area contributed by atoms with Crippen LogP contribution >= 0.6 is 15.9 Å². The molecule has 0 aliphatic rings. The van der Waals surface area contributed by atoms with E-state index in [4.69, 9.17) is 5.73 Å². The summed E-state index contributed by atoms with van der Waals surface area (Å²) in [6.07, 6.45) is 0. The molecule has 0 bridgehead atoms. The Bertz CT molecular complexity index is 643. The molecule has 0 heterocycles. The van der Waals surface area contributed by atoms with Gasteiger partial charge >= 0.3 is 0 Å². The van der Waals surface area contributed by atoms with E-state index in [0.29, 0.717) is 17.7 Å². The monoisotopic (exact) mass is 350 g/mol. The van der Waals surface area contributed by atoms with E-state index in [0.717, 1.165) is 10.0 Å². The molecular formula is C16H16BrFN2O. The minimum Gasteiger partial charge on any atom is -0.366 e. The van der Waals surface area contributed by atoms with Gasteiger partial charge in [0.1, 0.15) is 5.82 Å². The lowest BCUT2D eigenvalue weighted by molar-refractivity contribution is 0.1000. The molecule has 1 unspecified atom stereocenters. The Morgan fingerprint density at radius 3 is 2.57 bits per heavy atom. The topological polar surface area (TPSA) is 55.1 Å². The van der Waals surface area contributed by atoms with E-state index in [1.807, 2.05) is 31.2 Å². The van der Waals surface area contributed by atoms with E-state index in [-0.39, 0.29) is 11.9 Å². The van der Waals surface area contributed by atoms with E-state index >= 15 is 0 Å². The Kier molecular flexibility index (Phi) is 5.09. The highest BCUT2D eigenvalue weighted by atomic mass is 79.9. The normalized spacial score (nSPS) is 12.1. The first-order chi connectivity index (χ1) is 9.97. The molecule has 0 aromatic heterocycles. The van der Waals surface area contributed by atoms with Crippen LogP contribution in [0.1, 0.15) is 34.5 Å². The van der Waals surface area contributed by atoms with Crippen LogP contribution < -0.4 is 11.1 Å². The molecule has 0 aliphatic heterocycles. The molecule has 0 spiro atoms. The fourth-order valence-electron chi connectivity index (χ4n) is 2.00. The number of hydrogen-bond acceptors (Lipinski definition) is 2. The highest BCUT2D eigenvalue weighted by Crippen LogP contribution is 2.18. The molecule has 1 amide bonds. The lowest BCUT2D eigenvalue weighted by atomic mass is 10.1. The molecule has 0 radical (unpaired) electrons. The number of carbonyl (C=O) groups is 1. The van der Waals surface area contributed by atoms with Gasteiger partial charge in [-0.05, 0) is 42.8 Å². The summed E-state index contributed by atoms with van der Waals surface area (Å²) >= 11 is 3.39. The predicted molar refractivity (Wildman–Crippen MR) is 84.3 cm³/mol. The fourth-order valence-corrected chi connectivity index (χ4v) is 2.26. The van der Waals surface area contributed by atoms with Gasteiger partial charge < -0.3 is 11.1 Å². The first kappa shape index (κ1) is 15.7. The molecule has 3 N–H and O–H groups in total. The molecule has 2 rings (SSSR count). The van der Waals surface area contributed by atoms with Crippen LogP contribution in [0.4, 0.5) is 4.39 Å². The fraction of sp³-hybridized carbons (Fsp3) is 0.188. The molecule has 110 valence electrons. The second kappa shape index (κ2) is 6.83. The summed E-state index contributed by atoms with van der Waals surface area (Å²) in [7, 11) is 0. The lowest BCUT2D eigenvalue weighted by Crippen LogP contribution is -2.19. The zero-order chi connectivity index (χ0) is 15.4. The third kappa shape index (κ3) is 4.12. The number of rotatable bonds is 5. The number of primary amides is 1. The zero-order valence-electron chi connectivity index (χ0n) is 11.6. The first-order valence-electron chi connectivity index (χ1n) is 6.54. The van der Waals surface area contributed by atoms with Crippen LogP contribution in [0.15, 0.2) is 46.9 Å². The summed E-state index contributed by atoms with van der Waals surface area (Å²) in [4.78, 5) is 11.1. The Morgan fingerprint density at radius 1 is 1.29 bits per heavy atom. The van der Waals surface area contributed by atoms with Crippen LogP contribution in [0.2, 0.25) is 0 Å². The van der Waals surface area contributed by atoms with Gasteiger partial charge in [-0.2, -0.15) is 0 Å². The summed E-state index contributed by atoms with van der Waals surface area (Å²) in [6.45, 7) is 2.32. The lowest BCUT2D eigenvalue weighted by Gasteiger charge is -2.15. The maximum absolute atomic E-state index is 13.7. The molecule has 21 heavy (non-hydrogen) atoms. The van der Waals surface area contributed by atoms with Crippen molar-refractivity contribution in [3.05, 3.63) is 69.4 Å². The molecule has 0 saturated heterocycles. The van der Waals surface area contributed by atoms with Crippen molar-refractivity contribution in [1.29, 1.82) is 0 Å². The van der Waals surface area contributed by atoms with Gasteiger partial charge in [-0.3, -0.25) is 4.79 Å². The Hall–Kier alpha value is -1.72. The van der Waals surface area contributed by atoms with Crippen LogP contribution in [-0.4, -0.2) is 5.91 Å².